The Labute approximate surface area is 107 Å². The molecule has 1 fully saturated rings. The number of carbonyl (C=O) groups excluding carboxylic acids is 1. The molecule has 2 heterocycles. The van der Waals surface area contributed by atoms with E-state index in [4.69, 9.17) is 0 Å². The van der Waals surface area contributed by atoms with Gasteiger partial charge in [-0.1, -0.05) is 36.4 Å². The van der Waals surface area contributed by atoms with Gasteiger partial charge < -0.3 is 5.11 Å². The van der Waals surface area contributed by atoms with Gasteiger partial charge in [0.05, 0.1) is 6.04 Å². The standard InChI is InChI=1S/C15H17NO2/c17-10-12-8-13-6-7-14(18)15(12)16(13)9-11-4-2-1-3-5-11/h1-7,12-13,15,17H,8-10H2/t12-,13-,15-/m1/s1. The Bertz CT molecular complexity index is 469. The lowest BCUT2D eigenvalue weighted by Crippen LogP contribution is -2.44. The van der Waals surface area contributed by atoms with E-state index in [2.05, 4.69) is 17.0 Å². The highest BCUT2D eigenvalue weighted by Crippen LogP contribution is 2.35. The van der Waals surface area contributed by atoms with Crippen LogP contribution in [0.1, 0.15) is 12.0 Å². The van der Waals surface area contributed by atoms with Crippen LogP contribution >= 0.6 is 0 Å². The van der Waals surface area contributed by atoms with Crippen LogP contribution in [0, 0.1) is 5.92 Å². The first-order chi connectivity index (χ1) is 8.79. The number of rotatable bonds is 3. The summed E-state index contributed by atoms with van der Waals surface area (Å²) in [5.74, 6) is 0.222. The highest BCUT2D eigenvalue weighted by atomic mass is 16.3. The molecule has 1 saturated heterocycles. The van der Waals surface area contributed by atoms with Crippen LogP contribution in [-0.2, 0) is 11.3 Å². The van der Waals surface area contributed by atoms with E-state index < -0.39 is 0 Å². The number of hydrogen-bond acceptors (Lipinski definition) is 3. The predicted octanol–water partition coefficient (Wildman–Crippen LogP) is 1.38. The number of hydrogen-bond donors (Lipinski definition) is 1. The van der Waals surface area contributed by atoms with Gasteiger partial charge in [-0.05, 0) is 18.1 Å². The molecule has 2 aliphatic heterocycles. The van der Waals surface area contributed by atoms with Crippen LogP contribution < -0.4 is 0 Å². The molecular weight excluding hydrogens is 226 g/mol. The van der Waals surface area contributed by atoms with Crippen LogP contribution in [-0.4, -0.2) is 34.5 Å². The maximum atomic E-state index is 12.0. The molecule has 3 rings (SSSR count). The van der Waals surface area contributed by atoms with E-state index in [1.807, 2.05) is 24.3 Å². The molecule has 0 aromatic heterocycles. The molecule has 3 nitrogen and oxygen atoms in total. The van der Waals surface area contributed by atoms with Crippen molar-refractivity contribution in [1.82, 2.24) is 4.90 Å². The SMILES string of the molecule is O=C1C=C[C@@H]2C[C@H](CO)[C@H]1N2Cc1ccccc1. The van der Waals surface area contributed by atoms with Gasteiger partial charge in [0.1, 0.15) is 0 Å². The van der Waals surface area contributed by atoms with E-state index in [1.54, 1.807) is 6.08 Å². The third-order valence-electron chi connectivity index (χ3n) is 3.99. The summed E-state index contributed by atoms with van der Waals surface area (Å²) < 4.78 is 0. The monoisotopic (exact) mass is 243 g/mol. The molecule has 0 spiro atoms. The van der Waals surface area contributed by atoms with Crippen molar-refractivity contribution in [2.45, 2.75) is 25.0 Å². The average molecular weight is 243 g/mol. The van der Waals surface area contributed by atoms with E-state index in [1.165, 1.54) is 5.56 Å². The van der Waals surface area contributed by atoms with Gasteiger partial charge >= 0.3 is 0 Å². The fraction of sp³-hybridized carbons (Fsp3) is 0.400. The molecular formula is C15H17NO2. The van der Waals surface area contributed by atoms with Gasteiger partial charge in [0, 0.05) is 25.1 Å². The van der Waals surface area contributed by atoms with Crippen molar-refractivity contribution in [3.63, 3.8) is 0 Å². The molecule has 3 atom stereocenters. The molecule has 2 bridgehead atoms. The van der Waals surface area contributed by atoms with E-state index >= 15 is 0 Å². The smallest absolute Gasteiger partial charge is 0.172 e. The summed E-state index contributed by atoms with van der Waals surface area (Å²) in [6.07, 6.45) is 4.56. The van der Waals surface area contributed by atoms with Crippen molar-refractivity contribution in [3.8, 4) is 0 Å². The first-order valence-corrected chi connectivity index (χ1v) is 6.42. The maximum Gasteiger partial charge on any atom is 0.172 e. The van der Waals surface area contributed by atoms with Gasteiger partial charge in [-0.2, -0.15) is 0 Å². The lowest BCUT2D eigenvalue weighted by atomic mass is 9.98. The van der Waals surface area contributed by atoms with Crippen LogP contribution in [0.25, 0.3) is 0 Å². The molecule has 1 aromatic rings. The summed E-state index contributed by atoms with van der Waals surface area (Å²) in [5.41, 5.74) is 1.22. The Kier molecular flexibility index (Phi) is 3.02. The zero-order valence-corrected chi connectivity index (χ0v) is 10.2. The number of aliphatic hydroxyl groups excluding tert-OH is 1. The van der Waals surface area contributed by atoms with Crippen molar-refractivity contribution in [3.05, 3.63) is 48.0 Å². The predicted molar refractivity (Wildman–Crippen MR) is 68.9 cm³/mol. The third-order valence-corrected chi connectivity index (χ3v) is 3.99. The number of nitrogens with zero attached hydrogens (tertiary/aromatic N) is 1. The van der Waals surface area contributed by atoms with Crippen molar-refractivity contribution >= 4 is 5.78 Å². The summed E-state index contributed by atoms with van der Waals surface area (Å²) in [6, 6.07) is 10.3. The van der Waals surface area contributed by atoms with Crippen LogP contribution in [0.5, 0.6) is 0 Å². The van der Waals surface area contributed by atoms with Crippen LogP contribution in [0.2, 0.25) is 0 Å². The molecule has 0 amide bonds. The fourth-order valence-corrected chi connectivity index (χ4v) is 3.13. The summed E-state index contributed by atoms with van der Waals surface area (Å²) in [4.78, 5) is 14.2. The summed E-state index contributed by atoms with van der Waals surface area (Å²) in [5, 5.41) is 9.41. The van der Waals surface area contributed by atoms with E-state index in [0.717, 1.165) is 13.0 Å². The van der Waals surface area contributed by atoms with Crippen molar-refractivity contribution in [1.29, 1.82) is 0 Å². The topological polar surface area (TPSA) is 40.5 Å². The van der Waals surface area contributed by atoms with Crippen LogP contribution in [0.3, 0.4) is 0 Å². The fourth-order valence-electron chi connectivity index (χ4n) is 3.13. The van der Waals surface area contributed by atoms with Gasteiger partial charge in [-0.15, -0.1) is 0 Å². The largest absolute Gasteiger partial charge is 0.396 e. The van der Waals surface area contributed by atoms with Gasteiger partial charge in [0.2, 0.25) is 0 Å². The van der Waals surface area contributed by atoms with Crippen molar-refractivity contribution < 1.29 is 9.90 Å². The lowest BCUT2D eigenvalue weighted by molar-refractivity contribution is -0.121. The second kappa shape index (κ2) is 4.67. The molecule has 18 heavy (non-hydrogen) atoms. The lowest BCUT2D eigenvalue weighted by Gasteiger charge is -2.31. The average Bonchev–Trinajstić information content (AvgIpc) is 2.65. The maximum absolute atomic E-state index is 12.0. The molecule has 1 N–H and O–H groups in total. The molecule has 94 valence electrons. The minimum atomic E-state index is -0.134. The Morgan fingerprint density at radius 1 is 1.28 bits per heavy atom. The summed E-state index contributed by atoms with van der Waals surface area (Å²) in [6.45, 7) is 0.878. The quantitative estimate of drug-likeness (QED) is 0.872. The summed E-state index contributed by atoms with van der Waals surface area (Å²) >= 11 is 0. The first-order valence-electron chi connectivity index (χ1n) is 6.42. The van der Waals surface area contributed by atoms with Gasteiger partial charge in [0.15, 0.2) is 5.78 Å². The molecule has 2 aliphatic rings. The minimum absolute atomic E-state index is 0.0845. The Morgan fingerprint density at radius 2 is 2.06 bits per heavy atom. The first kappa shape index (κ1) is 11.6. The number of ketones is 1. The Morgan fingerprint density at radius 3 is 2.78 bits per heavy atom. The minimum Gasteiger partial charge on any atom is -0.396 e. The molecule has 0 radical (unpaired) electrons. The van der Waals surface area contributed by atoms with Gasteiger partial charge in [-0.25, -0.2) is 0 Å². The van der Waals surface area contributed by atoms with Gasteiger partial charge in [-0.3, -0.25) is 9.69 Å². The molecule has 3 heteroatoms. The number of fused-ring (bicyclic) bond motifs is 2. The highest BCUT2D eigenvalue weighted by Gasteiger charge is 2.45. The second-order valence-corrected chi connectivity index (χ2v) is 5.11. The Balaban J connectivity index is 1.84. The van der Waals surface area contributed by atoms with Crippen molar-refractivity contribution in [2.24, 2.45) is 5.92 Å². The molecule has 0 saturated carbocycles. The number of aliphatic hydroxyl groups is 1. The van der Waals surface area contributed by atoms with Crippen molar-refractivity contribution in [2.75, 3.05) is 6.61 Å². The zero-order chi connectivity index (χ0) is 12.5. The van der Waals surface area contributed by atoms with E-state index in [9.17, 15) is 9.90 Å². The van der Waals surface area contributed by atoms with Gasteiger partial charge in [0.25, 0.3) is 0 Å². The molecule has 1 aromatic carbocycles. The molecule has 0 unspecified atom stereocenters. The highest BCUT2D eigenvalue weighted by molar-refractivity contribution is 5.96. The second-order valence-electron chi connectivity index (χ2n) is 5.11. The van der Waals surface area contributed by atoms with E-state index in [-0.39, 0.29) is 24.3 Å². The van der Waals surface area contributed by atoms with E-state index in [0.29, 0.717) is 6.04 Å². The Hall–Kier alpha value is -1.45. The number of carbonyl (C=O) groups is 1. The van der Waals surface area contributed by atoms with Crippen LogP contribution in [0.4, 0.5) is 0 Å². The molecule has 0 aliphatic carbocycles. The zero-order valence-electron chi connectivity index (χ0n) is 10.2. The third kappa shape index (κ3) is 1.89. The summed E-state index contributed by atoms with van der Waals surface area (Å²) in [7, 11) is 0. The number of benzene rings is 1. The van der Waals surface area contributed by atoms with Crippen LogP contribution in [0.15, 0.2) is 42.5 Å². The normalized spacial score (nSPS) is 30.9.